The number of hydrogen-bond acceptors (Lipinski definition) is 3. The summed E-state index contributed by atoms with van der Waals surface area (Å²) in [6, 6.07) is 17.7. The predicted molar refractivity (Wildman–Crippen MR) is 71.9 cm³/mol. The molecule has 0 heterocycles. The highest BCUT2D eigenvalue weighted by atomic mass is 16.5. The number of carbonyl (C=O) groups excluding carboxylic acids is 2. The van der Waals surface area contributed by atoms with Crippen molar-refractivity contribution in [1.29, 1.82) is 0 Å². The molecule has 0 aromatic heterocycles. The average molecular weight is 255 g/mol. The Labute approximate surface area is 111 Å². The Bertz CT molecular complexity index is 540. The maximum atomic E-state index is 11.7. The molecule has 4 nitrogen and oxygen atoms in total. The van der Waals surface area contributed by atoms with Crippen molar-refractivity contribution >= 4 is 18.1 Å². The fourth-order valence-corrected chi connectivity index (χ4v) is 1.60. The lowest BCUT2D eigenvalue weighted by molar-refractivity contribution is -0.133. The number of hydrogen-bond donors (Lipinski definition) is 0. The monoisotopic (exact) mass is 255 g/mol. The maximum absolute atomic E-state index is 11.7. The lowest BCUT2D eigenvalue weighted by atomic mass is 10.3. The molecule has 0 radical (unpaired) electrons. The van der Waals surface area contributed by atoms with Crippen molar-refractivity contribution in [2.24, 2.45) is 0 Å². The molecule has 1 amide bonds. The van der Waals surface area contributed by atoms with Gasteiger partial charge in [-0.05, 0) is 24.3 Å². The summed E-state index contributed by atoms with van der Waals surface area (Å²) in [5.41, 5.74) is 0.655. The van der Waals surface area contributed by atoms with Crippen LogP contribution in [0.15, 0.2) is 60.7 Å². The fraction of sp³-hybridized carbons (Fsp3) is 0.0667. The first-order valence-corrected chi connectivity index (χ1v) is 5.82. The number of nitrogens with zero attached hydrogens (tertiary/aromatic N) is 1. The van der Waals surface area contributed by atoms with Crippen LogP contribution < -0.4 is 9.64 Å². The zero-order valence-corrected chi connectivity index (χ0v) is 10.2. The van der Waals surface area contributed by atoms with Gasteiger partial charge in [0, 0.05) is 5.69 Å². The Kier molecular flexibility index (Phi) is 4.29. The van der Waals surface area contributed by atoms with Crippen LogP contribution in [-0.4, -0.2) is 18.9 Å². The smallest absolute Gasteiger partial charge is 0.331 e. The van der Waals surface area contributed by atoms with E-state index in [1.54, 1.807) is 48.5 Å². The van der Waals surface area contributed by atoms with E-state index in [4.69, 9.17) is 4.74 Å². The summed E-state index contributed by atoms with van der Waals surface area (Å²) in [6.45, 7) is -0.123. The third-order valence-corrected chi connectivity index (χ3v) is 2.49. The highest BCUT2D eigenvalue weighted by Crippen LogP contribution is 2.12. The summed E-state index contributed by atoms with van der Waals surface area (Å²) < 4.78 is 5.13. The summed E-state index contributed by atoms with van der Waals surface area (Å²) in [7, 11) is 0. The van der Waals surface area contributed by atoms with Crippen molar-refractivity contribution in [1.82, 2.24) is 0 Å². The molecule has 96 valence electrons. The van der Waals surface area contributed by atoms with E-state index in [2.05, 4.69) is 0 Å². The number of esters is 1. The zero-order valence-electron chi connectivity index (χ0n) is 10.2. The van der Waals surface area contributed by atoms with Crippen LogP contribution >= 0.6 is 0 Å². The minimum absolute atomic E-state index is 0.123. The Morgan fingerprint density at radius 1 is 1.00 bits per heavy atom. The second-order valence-corrected chi connectivity index (χ2v) is 3.86. The summed E-state index contributed by atoms with van der Waals surface area (Å²) >= 11 is 0. The number of para-hydroxylation sites is 2. The van der Waals surface area contributed by atoms with Crippen molar-refractivity contribution < 1.29 is 14.3 Å². The van der Waals surface area contributed by atoms with Gasteiger partial charge in [-0.2, -0.15) is 0 Å². The van der Waals surface area contributed by atoms with Gasteiger partial charge in [-0.1, -0.05) is 36.4 Å². The van der Waals surface area contributed by atoms with Crippen LogP contribution in [0.4, 0.5) is 5.69 Å². The molecular formula is C15H13NO3. The molecule has 2 aromatic carbocycles. The third-order valence-electron chi connectivity index (χ3n) is 2.49. The Morgan fingerprint density at radius 2 is 1.58 bits per heavy atom. The van der Waals surface area contributed by atoms with Crippen LogP contribution in [0.2, 0.25) is 0 Å². The van der Waals surface area contributed by atoms with Gasteiger partial charge in [-0.25, -0.2) is 4.79 Å². The van der Waals surface area contributed by atoms with E-state index in [1.165, 1.54) is 4.90 Å². The van der Waals surface area contributed by atoms with Crippen molar-refractivity contribution in [3.63, 3.8) is 0 Å². The SMILES string of the molecule is O=CN(CC(=O)Oc1ccccc1)c1ccccc1. The lowest BCUT2D eigenvalue weighted by Crippen LogP contribution is -2.31. The van der Waals surface area contributed by atoms with Gasteiger partial charge >= 0.3 is 5.97 Å². The Balaban J connectivity index is 1.99. The number of carbonyl (C=O) groups is 2. The van der Waals surface area contributed by atoms with E-state index < -0.39 is 5.97 Å². The molecule has 0 saturated heterocycles. The van der Waals surface area contributed by atoms with Gasteiger partial charge in [0.15, 0.2) is 0 Å². The number of benzene rings is 2. The van der Waals surface area contributed by atoms with Crippen LogP contribution in [0.25, 0.3) is 0 Å². The minimum Gasteiger partial charge on any atom is -0.425 e. The number of anilines is 1. The van der Waals surface area contributed by atoms with Crippen LogP contribution in [-0.2, 0) is 9.59 Å². The molecule has 0 atom stereocenters. The molecule has 2 aromatic rings. The van der Waals surface area contributed by atoms with E-state index in [9.17, 15) is 9.59 Å². The molecule has 0 aliphatic rings. The summed E-state index contributed by atoms with van der Waals surface area (Å²) in [5, 5.41) is 0. The van der Waals surface area contributed by atoms with Crippen molar-refractivity contribution in [3.8, 4) is 5.75 Å². The van der Waals surface area contributed by atoms with E-state index in [1.807, 2.05) is 12.1 Å². The predicted octanol–water partition coefficient (Wildman–Crippen LogP) is 2.25. The zero-order chi connectivity index (χ0) is 13.5. The second-order valence-electron chi connectivity index (χ2n) is 3.86. The quantitative estimate of drug-likeness (QED) is 0.467. The molecule has 4 heteroatoms. The lowest BCUT2D eigenvalue weighted by Gasteiger charge is -2.16. The van der Waals surface area contributed by atoms with E-state index in [0.29, 0.717) is 17.8 Å². The van der Waals surface area contributed by atoms with Gasteiger partial charge < -0.3 is 9.64 Å². The molecule has 0 spiro atoms. The molecule has 0 saturated carbocycles. The molecule has 0 unspecified atom stereocenters. The van der Waals surface area contributed by atoms with Crippen molar-refractivity contribution in [2.75, 3.05) is 11.4 Å². The molecule has 0 N–H and O–H groups in total. The molecule has 2 rings (SSSR count). The number of amides is 1. The van der Waals surface area contributed by atoms with Crippen molar-refractivity contribution in [2.45, 2.75) is 0 Å². The van der Waals surface area contributed by atoms with Gasteiger partial charge in [0.05, 0.1) is 0 Å². The van der Waals surface area contributed by atoms with Gasteiger partial charge in [-0.3, -0.25) is 4.79 Å². The normalized spacial score (nSPS) is 9.68. The summed E-state index contributed by atoms with van der Waals surface area (Å²) in [6.07, 6.45) is 0.613. The minimum atomic E-state index is -0.484. The number of rotatable bonds is 5. The Morgan fingerprint density at radius 3 is 2.16 bits per heavy atom. The van der Waals surface area contributed by atoms with E-state index in [-0.39, 0.29) is 6.54 Å². The first-order valence-electron chi connectivity index (χ1n) is 5.82. The maximum Gasteiger partial charge on any atom is 0.331 e. The summed E-state index contributed by atoms with van der Waals surface area (Å²) in [4.78, 5) is 24.0. The van der Waals surface area contributed by atoms with Gasteiger partial charge in [0.2, 0.25) is 6.41 Å². The van der Waals surface area contributed by atoms with Crippen LogP contribution in [0, 0.1) is 0 Å². The number of ether oxygens (including phenoxy) is 1. The van der Waals surface area contributed by atoms with Crippen molar-refractivity contribution in [3.05, 3.63) is 60.7 Å². The summed E-state index contributed by atoms with van der Waals surface area (Å²) in [5.74, 6) is -0.0198. The first-order chi connectivity index (χ1) is 9.29. The topological polar surface area (TPSA) is 46.6 Å². The van der Waals surface area contributed by atoms with Crippen LogP contribution in [0.5, 0.6) is 5.75 Å². The highest BCUT2D eigenvalue weighted by molar-refractivity contribution is 5.86. The van der Waals surface area contributed by atoms with Gasteiger partial charge in [0.1, 0.15) is 12.3 Å². The average Bonchev–Trinajstić information content (AvgIpc) is 2.47. The largest absolute Gasteiger partial charge is 0.425 e. The highest BCUT2D eigenvalue weighted by Gasteiger charge is 2.12. The standard InChI is InChI=1S/C15H13NO3/c17-12-16(13-7-3-1-4-8-13)11-15(18)19-14-9-5-2-6-10-14/h1-10,12H,11H2. The van der Waals surface area contributed by atoms with Crippen LogP contribution in [0.1, 0.15) is 0 Å². The van der Waals surface area contributed by atoms with Gasteiger partial charge in [-0.15, -0.1) is 0 Å². The van der Waals surface area contributed by atoms with Gasteiger partial charge in [0.25, 0.3) is 0 Å². The Hall–Kier alpha value is -2.62. The van der Waals surface area contributed by atoms with E-state index >= 15 is 0 Å². The first kappa shape index (κ1) is 12.8. The van der Waals surface area contributed by atoms with E-state index in [0.717, 1.165) is 0 Å². The molecule has 0 bridgehead atoms. The molecular weight excluding hydrogens is 242 g/mol. The fourth-order valence-electron chi connectivity index (χ4n) is 1.60. The molecule has 0 aliphatic carbocycles. The third kappa shape index (κ3) is 3.67. The molecule has 19 heavy (non-hydrogen) atoms. The second kappa shape index (κ2) is 6.35. The van der Waals surface area contributed by atoms with Crippen LogP contribution in [0.3, 0.4) is 0 Å². The molecule has 0 aliphatic heterocycles. The molecule has 0 fully saturated rings.